The number of anilines is 3. The lowest BCUT2D eigenvalue weighted by Gasteiger charge is -2.61. The second kappa shape index (κ2) is 9.84. The number of benzene rings is 6. The lowest BCUT2D eigenvalue weighted by molar-refractivity contribution is -0.0399. The zero-order valence-corrected chi connectivity index (χ0v) is 28.9. The summed E-state index contributed by atoms with van der Waals surface area (Å²) in [6.45, 7) is 0. The van der Waals surface area contributed by atoms with Crippen molar-refractivity contribution in [3.8, 4) is 11.1 Å². The molecule has 0 radical (unpaired) electrons. The Morgan fingerprint density at radius 1 is 0.429 bits per heavy atom. The summed E-state index contributed by atoms with van der Waals surface area (Å²) in [6.07, 6.45) is 7.08. The highest BCUT2D eigenvalue weighted by Crippen LogP contribution is 2.69. The van der Waals surface area contributed by atoms with Gasteiger partial charge in [0.2, 0.25) is 0 Å². The molecule has 13 rings (SSSR count). The molecule has 5 aliphatic carbocycles. The Morgan fingerprint density at radius 3 is 1.55 bits per heavy atom. The van der Waals surface area contributed by atoms with Gasteiger partial charge in [0, 0.05) is 62.8 Å². The SMILES string of the molecule is c1ccc2c(c1)-c1ccc(N(c3ccc4sc5ccccc5c4c3)c3ccc4sc5ccccc5c4c3)cc1C21C2CC3CC(C2)CC1C3. The van der Waals surface area contributed by atoms with Crippen molar-refractivity contribution < 1.29 is 0 Å². The molecular weight excluding hydrogens is 631 g/mol. The average Bonchev–Trinajstić information content (AvgIpc) is 3.78. The highest BCUT2D eigenvalue weighted by atomic mass is 32.1. The Bertz CT molecular complexity index is 2510. The van der Waals surface area contributed by atoms with E-state index >= 15 is 0 Å². The Balaban J connectivity index is 1.11. The third-order valence-electron chi connectivity index (χ3n) is 13.0. The normalized spacial score (nSPS) is 24.8. The fourth-order valence-electron chi connectivity index (χ4n) is 11.4. The van der Waals surface area contributed by atoms with Gasteiger partial charge in [-0.1, -0.05) is 66.7 Å². The van der Waals surface area contributed by atoms with Gasteiger partial charge in [0.05, 0.1) is 0 Å². The second-order valence-corrected chi connectivity index (χ2v) is 17.5. The molecule has 6 aromatic carbocycles. The Kier molecular flexibility index (Phi) is 5.50. The molecule has 0 atom stereocenters. The van der Waals surface area contributed by atoms with Crippen LogP contribution in [0.3, 0.4) is 0 Å². The summed E-state index contributed by atoms with van der Waals surface area (Å²) in [5.74, 6) is 3.36. The predicted octanol–water partition coefficient (Wildman–Crippen LogP) is 13.6. The molecule has 8 aromatic rings. The van der Waals surface area contributed by atoms with Gasteiger partial charge in [-0.25, -0.2) is 0 Å². The molecule has 3 heteroatoms. The quantitative estimate of drug-likeness (QED) is 0.182. The molecule has 2 heterocycles. The van der Waals surface area contributed by atoms with Crippen LogP contribution in [0, 0.1) is 23.7 Å². The van der Waals surface area contributed by atoms with E-state index in [1.54, 1.807) is 11.1 Å². The van der Waals surface area contributed by atoms with Crippen molar-refractivity contribution in [2.45, 2.75) is 37.5 Å². The largest absolute Gasteiger partial charge is 0.310 e. The molecule has 5 aliphatic rings. The average molecular weight is 666 g/mol. The van der Waals surface area contributed by atoms with Gasteiger partial charge in [-0.05, 0) is 139 Å². The number of fused-ring (bicyclic) bond motifs is 9. The first-order chi connectivity index (χ1) is 24.2. The van der Waals surface area contributed by atoms with Gasteiger partial charge in [0.15, 0.2) is 0 Å². The van der Waals surface area contributed by atoms with Gasteiger partial charge in [0.25, 0.3) is 0 Å². The maximum atomic E-state index is 2.64. The molecule has 0 saturated heterocycles. The number of hydrogen-bond acceptors (Lipinski definition) is 3. The van der Waals surface area contributed by atoms with Gasteiger partial charge in [-0.15, -0.1) is 22.7 Å². The van der Waals surface area contributed by atoms with E-state index in [-0.39, 0.29) is 5.41 Å². The Hall–Kier alpha value is -4.44. The Morgan fingerprint density at radius 2 is 0.918 bits per heavy atom. The first kappa shape index (κ1) is 27.4. The van der Waals surface area contributed by atoms with Crippen LogP contribution in [0.2, 0.25) is 0 Å². The van der Waals surface area contributed by atoms with Gasteiger partial charge >= 0.3 is 0 Å². The summed E-state index contributed by atoms with van der Waals surface area (Å²) in [5, 5.41) is 5.38. The summed E-state index contributed by atoms with van der Waals surface area (Å²) in [4.78, 5) is 2.56. The van der Waals surface area contributed by atoms with E-state index in [1.165, 1.54) is 101 Å². The maximum Gasteiger partial charge on any atom is 0.0468 e. The maximum absolute atomic E-state index is 2.64. The van der Waals surface area contributed by atoms with Crippen LogP contribution in [0.15, 0.2) is 127 Å². The van der Waals surface area contributed by atoms with E-state index in [0.717, 1.165) is 23.7 Å². The van der Waals surface area contributed by atoms with Crippen LogP contribution in [-0.2, 0) is 5.41 Å². The lowest BCUT2D eigenvalue weighted by atomic mass is 9.43. The zero-order chi connectivity index (χ0) is 31.8. The Labute approximate surface area is 294 Å². The van der Waals surface area contributed by atoms with Crippen molar-refractivity contribution in [2.24, 2.45) is 23.7 Å². The molecule has 0 N–H and O–H groups in total. The molecular formula is C46H35NS2. The van der Waals surface area contributed by atoms with E-state index in [9.17, 15) is 0 Å². The van der Waals surface area contributed by atoms with Crippen molar-refractivity contribution in [1.29, 1.82) is 0 Å². The van der Waals surface area contributed by atoms with Crippen molar-refractivity contribution in [2.75, 3.05) is 4.90 Å². The highest BCUT2D eigenvalue weighted by Gasteiger charge is 2.61. The lowest BCUT2D eigenvalue weighted by Crippen LogP contribution is -2.55. The van der Waals surface area contributed by atoms with E-state index in [0.29, 0.717) is 0 Å². The molecule has 49 heavy (non-hydrogen) atoms. The van der Waals surface area contributed by atoms with Gasteiger partial charge < -0.3 is 4.90 Å². The van der Waals surface area contributed by atoms with Crippen molar-refractivity contribution in [3.63, 3.8) is 0 Å². The molecule has 0 unspecified atom stereocenters. The standard InChI is InChI=1S/C46H35NS2/c1-4-10-40-34(7-1)35-16-13-33(26-41(35)46(40)29-20-27-19-28(22-29)23-30(46)21-27)47(31-14-17-44-38(24-31)36-8-2-5-11-42(36)48-44)32-15-18-45-39(25-32)37-9-3-6-12-43(37)49-45/h1-18,24-30H,19-23H2. The smallest absolute Gasteiger partial charge is 0.0468 e. The summed E-state index contributed by atoms with van der Waals surface area (Å²) < 4.78 is 5.40. The monoisotopic (exact) mass is 665 g/mol. The van der Waals surface area contributed by atoms with Crippen LogP contribution in [0.1, 0.15) is 43.2 Å². The summed E-state index contributed by atoms with van der Waals surface area (Å²) in [6, 6.07) is 49.1. The van der Waals surface area contributed by atoms with Crippen LogP contribution in [0.25, 0.3) is 51.5 Å². The molecule has 2 aromatic heterocycles. The summed E-state index contributed by atoms with van der Waals surface area (Å²) in [7, 11) is 0. The van der Waals surface area contributed by atoms with E-state index in [1.807, 2.05) is 22.7 Å². The molecule has 1 nitrogen and oxygen atoms in total. The highest BCUT2D eigenvalue weighted by molar-refractivity contribution is 7.26. The molecule has 4 saturated carbocycles. The second-order valence-electron chi connectivity index (χ2n) is 15.3. The van der Waals surface area contributed by atoms with Crippen LogP contribution in [-0.4, -0.2) is 0 Å². The fraction of sp³-hybridized carbons (Fsp3) is 0.217. The number of hydrogen-bond donors (Lipinski definition) is 0. The molecule has 1 spiro atoms. The van der Waals surface area contributed by atoms with Crippen LogP contribution in [0.4, 0.5) is 17.1 Å². The molecule has 0 aliphatic heterocycles. The van der Waals surface area contributed by atoms with Crippen LogP contribution < -0.4 is 4.90 Å². The predicted molar refractivity (Wildman–Crippen MR) is 210 cm³/mol. The first-order valence-electron chi connectivity index (χ1n) is 18.1. The third kappa shape index (κ3) is 3.65. The number of rotatable bonds is 3. The van der Waals surface area contributed by atoms with Crippen molar-refractivity contribution >= 4 is 80.1 Å². The molecule has 4 bridgehead atoms. The van der Waals surface area contributed by atoms with E-state index in [2.05, 4.69) is 132 Å². The minimum Gasteiger partial charge on any atom is -0.310 e. The minimum atomic E-state index is 0.141. The molecule has 236 valence electrons. The molecule has 4 fully saturated rings. The number of thiophene rings is 2. The van der Waals surface area contributed by atoms with Crippen LogP contribution in [0.5, 0.6) is 0 Å². The van der Waals surface area contributed by atoms with E-state index < -0.39 is 0 Å². The summed E-state index contributed by atoms with van der Waals surface area (Å²) >= 11 is 3.80. The van der Waals surface area contributed by atoms with Crippen molar-refractivity contribution in [1.82, 2.24) is 0 Å². The van der Waals surface area contributed by atoms with Crippen LogP contribution >= 0.6 is 22.7 Å². The van der Waals surface area contributed by atoms with Crippen molar-refractivity contribution in [3.05, 3.63) is 139 Å². The van der Waals surface area contributed by atoms with Gasteiger partial charge in [-0.2, -0.15) is 0 Å². The van der Waals surface area contributed by atoms with E-state index in [4.69, 9.17) is 0 Å². The fourth-order valence-corrected chi connectivity index (χ4v) is 13.6. The first-order valence-corrected chi connectivity index (χ1v) is 19.7. The minimum absolute atomic E-state index is 0.141. The van der Waals surface area contributed by atoms with Gasteiger partial charge in [0.1, 0.15) is 0 Å². The summed E-state index contributed by atoms with van der Waals surface area (Å²) in [5.41, 5.74) is 10.1. The van der Waals surface area contributed by atoms with Gasteiger partial charge in [-0.3, -0.25) is 0 Å². The zero-order valence-electron chi connectivity index (χ0n) is 27.2. The number of nitrogens with zero attached hydrogens (tertiary/aromatic N) is 1. The third-order valence-corrected chi connectivity index (χ3v) is 15.3. The molecule has 0 amide bonds. The topological polar surface area (TPSA) is 3.24 Å².